The van der Waals surface area contributed by atoms with Crippen LogP contribution in [0.1, 0.15) is 11.1 Å². The smallest absolute Gasteiger partial charge is 0.310 e. The molecule has 0 bridgehead atoms. The van der Waals surface area contributed by atoms with Crippen molar-refractivity contribution in [3.8, 4) is 0 Å². The number of rotatable bonds is 7. The van der Waals surface area contributed by atoms with Gasteiger partial charge >= 0.3 is 5.97 Å². The predicted molar refractivity (Wildman–Crippen MR) is 113 cm³/mol. The molecule has 160 valence electrons. The van der Waals surface area contributed by atoms with Crippen LogP contribution in [0.3, 0.4) is 0 Å². The molecule has 2 aromatic rings. The van der Waals surface area contributed by atoms with E-state index in [2.05, 4.69) is 0 Å². The van der Waals surface area contributed by atoms with Crippen LogP contribution in [0.2, 0.25) is 5.02 Å². The van der Waals surface area contributed by atoms with Crippen LogP contribution in [0.4, 0.5) is 0 Å². The lowest BCUT2D eigenvalue weighted by Gasteiger charge is -2.33. The summed E-state index contributed by atoms with van der Waals surface area (Å²) in [5, 5.41) is 0.466. The summed E-state index contributed by atoms with van der Waals surface area (Å²) in [5.74, 6) is -0.954. The molecule has 3 rings (SSSR count). The van der Waals surface area contributed by atoms with E-state index in [4.69, 9.17) is 16.3 Å². The number of hydrogen-bond donors (Lipinski definition) is 0. The third-order valence-electron chi connectivity index (χ3n) is 4.83. The fraction of sp³-hybridized carbons (Fsp3) is 0.333. The van der Waals surface area contributed by atoms with Crippen molar-refractivity contribution >= 4 is 33.5 Å². The Balaban J connectivity index is 1.45. The van der Waals surface area contributed by atoms with Crippen molar-refractivity contribution in [2.45, 2.75) is 12.2 Å². The van der Waals surface area contributed by atoms with Crippen LogP contribution >= 0.6 is 11.6 Å². The van der Waals surface area contributed by atoms with Gasteiger partial charge in [0.15, 0.2) is 6.61 Å². The lowest BCUT2D eigenvalue weighted by atomic mass is 10.1. The van der Waals surface area contributed by atoms with E-state index in [0.29, 0.717) is 10.6 Å². The predicted octanol–water partition coefficient (Wildman–Crippen LogP) is 2.10. The second kappa shape index (κ2) is 10.1. The quantitative estimate of drug-likeness (QED) is 0.603. The normalized spacial score (nSPS) is 15.0. The summed E-state index contributed by atoms with van der Waals surface area (Å²) in [6, 6.07) is 15.9. The van der Waals surface area contributed by atoms with E-state index < -0.39 is 16.0 Å². The molecule has 1 fully saturated rings. The first-order valence-electron chi connectivity index (χ1n) is 9.54. The number of carbonyl (C=O) groups excluding carboxylic acids is 2. The first-order valence-corrected chi connectivity index (χ1v) is 11.5. The minimum absolute atomic E-state index is 0.0154. The Hall–Kier alpha value is -2.42. The molecule has 0 aliphatic carbocycles. The van der Waals surface area contributed by atoms with E-state index in [1.54, 1.807) is 48.5 Å². The number of carbonyl (C=O) groups is 2. The minimum Gasteiger partial charge on any atom is -0.455 e. The Morgan fingerprint density at radius 1 is 0.933 bits per heavy atom. The van der Waals surface area contributed by atoms with Gasteiger partial charge in [-0.05, 0) is 17.2 Å². The fourth-order valence-corrected chi connectivity index (χ4v) is 4.89. The lowest BCUT2D eigenvalue weighted by Crippen LogP contribution is -2.51. The summed E-state index contributed by atoms with van der Waals surface area (Å²) in [6.45, 7) is 0.576. The molecule has 1 heterocycles. The topological polar surface area (TPSA) is 84.0 Å². The van der Waals surface area contributed by atoms with Crippen LogP contribution in [-0.4, -0.2) is 62.3 Å². The van der Waals surface area contributed by atoms with Gasteiger partial charge in [-0.15, -0.1) is 0 Å². The molecule has 1 aliphatic heterocycles. The lowest BCUT2D eigenvalue weighted by molar-refractivity contribution is -0.152. The van der Waals surface area contributed by atoms with Gasteiger partial charge in [-0.3, -0.25) is 9.59 Å². The van der Waals surface area contributed by atoms with Crippen LogP contribution in [0.5, 0.6) is 0 Å². The zero-order chi connectivity index (χ0) is 21.6. The van der Waals surface area contributed by atoms with Crippen molar-refractivity contribution < 1.29 is 22.7 Å². The van der Waals surface area contributed by atoms with Crippen LogP contribution in [-0.2, 0) is 36.5 Å². The number of benzene rings is 2. The average Bonchev–Trinajstić information content (AvgIpc) is 2.74. The Morgan fingerprint density at radius 3 is 2.23 bits per heavy atom. The van der Waals surface area contributed by atoms with E-state index in [1.807, 2.05) is 6.07 Å². The summed E-state index contributed by atoms with van der Waals surface area (Å²) in [4.78, 5) is 25.8. The van der Waals surface area contributed by atoms with E-state index >= 15 is 0 Å². The van der Waals surface area contributed by atoms with Crippen molar-refractivity contribution in [1.29, 1.82) is 0 Å². The highest BCUT2D eigenvalue weighted by atomic mass is 35.5. The van der Waals surface area contributed by atoms with E-state index in [0.717, 1.165) is 5.56 Å². The first kappa shape index (κ1) is 22.3. The molecular weight excluding hydrogens is 428 g/mol. The maximum Gasteiger partial charge on any atom is 0.310 e. The molecule has 2 aromatic carbocycles. The molecule has 1 saturated heterocycles. The molecule has 0 spiro atoms. The highest BCUT2D eigenvalue weighted by molar-refractivity contribution is 7.88. The van der Waals surface area contributed by atoms with Crippen molar-refractivity contribution in [3.05, 3.63) is 70.7 Å². The summed E-state index contributed by atoms with van der Waals surface area (Å²) < 4.78 is 31.6. The molecule has 0 saturated carbocycles. The maximum absolute atomic E-state index is 12.6. The van der Waals surface area contributed by atoms with Gasteiger partial charge in [0.05, 0.1) is 12.2 Å². The number of esters is 1. The van der Waals surface area contributed by atoms with Gasteiger partial charge in [0, 0.05) is 31.2 Å². The third kappa shape index (κ3) is 6.04. The van der Waals surface area contributed by atoms with Crippen LogP contribution in [0.15, 0.2) is 54.6 Å². The van der Waals surface area contributed by atoms with Gasteiger partial charge in [0.1, 0.15) is 0 Å². The Bertz CT molecular complexity index is 989. The van der Waals surface area contributed by atoms with Crippen LogP contribution in [0, 0.1) is 0 Å². The van der Waals surface area contributed by atoms with Crippen molar-refractivity contribution in [2.24, 2.45) is 0 Å². The first-order chi connectivity index (χ1) is 14.3. The van der Waals surface area contributed by atoms with Crippen molar-refractivity contribution in [3.63, 3.8) is 0 Å². The van der Waals surface area contributed by atoms with Gasteiger partial charge in [-0.2, -0.15) is 4.31 Å². The highest BCUT2D eigenvalue weighted by Gasteiger charge is 2.29. The zero-order valence-corrected chi connectivity index (χ0v) is 17.9. The molecule has 0 radical (unpaired) electrons. The summed E-state index contributed by atoms with van der Waals surface area (Å²) in [7, 11) is -3.45. The van der Waals surface area contributed by atoms with Gasteiger partial charge in [0.25, 0.3) is 5.91 Å². The zero-order valence-electron chi connectivity index (χ0n) is 16.4. The molecule has 0 N–H and O–H groups in total. The standard InChI is InChI=1S/C21H23ClN2O5S/c22-19-9-5-4-8-18(19)14-21(26)29-15-20(25)23-10-12-24(13-11-23)30(27,28)16-17-6-2-1-3-7-17/h1-9H,10-16H2. The highest BCUT2D eigenvalue weighted by Crippen LogP contribution is 2.16. The second-order valence-corrected chi connectivity index (χ2v) is 9.33. The number of piperazine rings is 1. The fourth-order valence-electron chi connectivity index (χ4n) is 3.17. The second-order valence-electron chi connectivity index (χ2n) is 6.95. The summed E-state index contributed by atoms with van der Waals surface area (Å²) >= 11 is 6.02. The number of ether oxygens (including phenoxy) is 1. The van der Waals surface area contributed by atoms with Gasteiger partial charge in [-0.1, -0.05) is 60.1 Å². The molecule has 1 amide bonds. The van der Waals surface area contributed by atoms with Gasteiger partial charge < -0.3 is 9.64 Å². The molecule has 30 heavy (non-hydrogen) atoms. The van der Waals surface area contributed by atoms with Gasteiger partial charge in [-0.25, -0.2) is 8.42 Å². The van der Waals surface area contributed by atoms with Crippen LogP contribution < -0.4 is 0 Å². The SMILES string of the molecule is O=C(Cc1ccccc1Cl)OCC(=O)N1CCN(S(=O)(=O)Cc2ccccc2)CC1. The summed E-state index contributed by atoms with van der Waals surface area (Å²) in [6.07, 6.45) is -0.0154. The van der Waals surface area contributed by atoms with Crippen LogP contribution in [0.25, 0.3) is 0 Å². The molecule has 7 nitrogen and oxygen atoms in total. The molecule has 0 aromatic heterocycles. The monoisotopic (exact) mass is 450 g/mol. The maximum atomic E-state index is 12.6. The number of halogens is 1. The molecule has 1 aliphatic rings. The largest absolute Gasteiger partial charge is 0.455 e. The van der Waals surface area contributed by atoms with Gasteiger partial charge in [0.2, 0.25) is 10.0 Å². The molecule has 9 heteroatoms. The number of sulfonamides is 1. The molecular formula is C21H23ClN2O5S. The molecule has 0 atom stereocenters. The van der Waals surface area contributed by atoms with E-state index in [9.17, 15) is 18.0 Å². The number of amides is 1. The number of hydrogen-bond acceptors (Lipinski definition) is 5. The Kier molecular flexibility index (Phi) is 7.47. The number of nitrogens with zero attached hydrogens (tertiary/aromatic N) is 2. The van der Waals surface area contributed by atoms with Crippen molar-refractivity contribution in [2.75, 3.05) is 32.8 Å². The van der Waals surface area contributed by atoms with E-state index in [-0.39, 0.29) is 50.9 Å². The molecule has 0 unspecified atom stereocenters. The minimum atomic E-state index is -3.45. The van der Waals surface area contributed by atoms with Crippen molar-refractivity contribution in [1.82, 2.24) is 9.21 Å². The average molecular weight is 451 g/mol. The summed E-state index contributed by atoms with van der Waals surface area (Å²) in [5.41, 5.74) is 1.36. The Morgan fingerprint density at radius 2 is 1.57 bits per heavy atom. The third-order valence-corrected chi connectivity index (χ3v) is 7.04. The van der Waals surface area contributed by atoms with E-state index in [1.165, 1.54) is 9.21 Å². The Labute approximate surface area is 181 Å².